The molecule has 0 unspecified atom stereocenters. The summed E-state index contributed by atoms with van der Waals surface area (Å²) in [4.78, 5) is 4.83. The Morgan fingerprint density at radius 1 is 0.700 bits per heavy atom. The third-order valence-electron chi connectivity index (χ3n) is 6.29. The maximum Gasteiger partial charge on any atom is 0.243 e. The first-order valence-corrected chi connectivity index (χ1v) is 12.2. The Morgan fingerprint density at radius 3 is 1.80 bits per heavy atom. The van der Waals surface area contributed by atoms with Gasteiger partial charge < -0.3 is 9.80 Å². The van der Waals surface area contributed by atoms with Crippen LogP contribution in [0, 0.1) is 20.8 Å². The lowest BCUT2D eigenvalue weighted by Crippen LogP contribution is -2.49. The minimum absolute atomic E-state index is 0.421. The monoisotopic (exact) mass is 429 g/mol. The van der Waals surface area contributed by atoms with Crippen molar-refractivity contribution in [2.45, 2.75) is 44.9 Å². The lowest BCUT2D eigenvalue weighted by Gasteiger charge is -2.35. The van der Waals surface area contributed by atoms with Gasteiger partial charge in [-0.25, -0.2) is 8.42 Å². The lowest BCUT2D eigenvalue weighted by molar-refractivity contribution is 0.383. The van der Waals surface area contributed by atoms with E-state index in [0.717, 1.165) is 41.4 Å². The van der Waals surface area contributed by atoms with Crippen LogP contribution in [0.3, 0.4) is 0 Å². The zero-order chi connectivity index (χ0) is 21.3. The van der Waals surface area contributed by atoms with Crippen LogP contribution in [0.2, 0.25) is 0 Å². The highest BCUT2D eigenvalue weighted by Gasteiger charge is 2.30. The fourth-order valence-corrected chi connectivity index (χ4v) is 6.00. The summed E-state index contributed by atoms with van der Waals surface area (Å²) in [7, 11) is -3.49. The Bertz CT molecular complexity index is 993. The molecule has 0 spiro atoms. The van der Waals surface area contributed by atoms with Gasteiger partial charge in [0.05, 0.1) is 4.90 Å². The van der Waals surface area contributed by atoms with Crippen LogP contribution in [0.15, 0.2) is 29.2 Å². The van der Waals surface area contributed by atoms with Crippen LogP contribution in [-0.4, -0.2) is 62.2 Å². The third kappa shape index (κ3) is 4.16. The first-order valence-electron chi connectivity index (χ1n) is 10.8. The molecule has 0 atom stereocenters. The maximum atomic E-state index is 13.2. The van der Waals surface area contributed by atoms with Gasteiger partial charge in [0.2, 0.25) is 10.0 Å². The van der Waals surface area contributed by atoms with Gasteiger partial charge in [-0.15, -0.1) is 10.2 Å². The van der Waals surface area contributed by atoms with E-state index in [1.54, 1.807) is 10.4 Å². The van der Waals surface area contributed by atoms with E-state index >= 15 is 0 Å². The Balaban J connectivity index is 1.43. The summed E-state index contributed by atoms with van der Waals surface area (Å²) < 4.78 is 28.0. The molecule has 7 nitrogen and oxygen atoms in total. The summed E-state index contributed by atoms with van der Waals surface area (Å²) in [6, 6.07) is 7.80. The van der Waals surface area contributed by atoms with E-state index in [1.807, 2.05) is 39.0 Å². The van der Waals surface area contributed by atoms with E-state index in [2.05, 4.69) is 20.0 Å². The topological polar surface area (TPSA) is 69.6 Å². The summed E-state index contributed by atoms with van der Waals surface area (Å²) in [6.07, 6.45) is 3.70. The maximum absolute atomic E-state index is 13.2. The highest BCUT2D eigenvalue weighted by atomic mass is 32.2. The fraction of sp³-hybridized carbons (Fsp3) is 0.545. The second-order valence-electron chi connectivity index (χ2n) is 8.39. The van der Waals surface area contributed by atoms with Crippen LogP contribution in [-0.2, 0) is 10.0 Å². The van der Waals surface area contributed by atoms with E-state index in [-0.39, 0.29) is 0 Å². The van der Waals surface area contributed by atoms with Crippen molar-refractivity contribution in [2.75, 3.05) is 49.1 Å². The SMILES string of the molecule is Cc1cc(C)c(S(=O)(=O)N2CCN(c3ccc(N4CCCCC4)nn3)CC2)cc1C. The number of aromatic nitrogens is 2. The quantitative estimate of drug-likeness (QED) is 0.744. The number of hydrogen-bond acceptors (Lipinski definition) is 6. The number of nitrogens with zero attached hydrogens (tertiary/aromatic N) is 5. The van der Waals surface area contributed by atoms with Gasteiger partial charge in [0.15, 0.2) is 11.6 Å². The molecule has 1 aromatic carbocycles. The number of piperidine rings is 1. The van der Waals surface area contributed by atoms with Crippen molar-refractivity contribution in [1.29, 1.82) is 0 Å². The van der Waals surface area contributed by atoms with E-state index < -0.39 is 10.0 Å². The molecular weight excluding hydrogens is 398 g/mol. The summed E-state index contributed by atoms with van der Waals surface area (Å²) in [5, 5.41) is 8.85. The van der Waals surface area contributed by atoms with Crippen LogP contribution in [0.5, 0.6) is 0 Å². The van der Waals surface area contributed by atoms with E-state index in [0.29, 0.717) is 31.1 Å². The Kier molecular flexibility index (Phi) is 5.97. The average molecular weight is 430 g/mol. The second kappa shape index (κ2) is 8.51. The molecular formula is C22H31N5O2S. The molecule has 2 aliphatic rings. The molecule has 0 amide bonds. The Hall–Kier alpha value is -2.19. The molecule has 0 saturated carbocycles. The predicted octanol–water partition coefficient (Wildman–Crippen LogP) is 2.90. The molecule has 3 heterocycles. The van der Waals surface area contributed by atoms with Gasteiger partial charge in [-0.1, -0.05) is 6.07 Å². The first kappa shape index (κ1) is 21.1. The number of benzene rings is 1. The van der Waals surface area contributed by atoms with Crippen molar-refractivity contribution < 1.29 is 8.42 Å². The Labute approximate surface area is 179 Å². The fourth-order valence-electron chi connectivity index (χ4n) is 4.29. The molecule has 162 valence electrons. The molecule has 2 fully saturated rings. The third-order valence-corrected chi connectivity index (χ3v) is 8.33. The van der Waals surface area contributed by atoms with Crippen LogP contribution >= 0.6 is 0 Å². The molecule has 8 heteroatoms. The molecule has 0 radical (unpaired) electrons. The summed E-state index contributed by atoms with van der Waals surface area (Å²) >= 11 is 0. The Morgan fingerprint density at radius 2 is 1.23 bits per heavy atom. The molecule has 1 aromatic heterocycles. The molecule has 0 bridgehead atoms. The molecule has 2 aliphatic heterocycles. The number of anilines is 2. The highest BCUT2D eigenvalue weighted by molar-refractivity contribution is 7.89. The molecule has 4 rings (SSSR count). The van der Waals surface area contributed by atoms with Crippen LogP contribution < -0.4 is 9.80 Å². The van der Waals surface area contributed by atoms with Gasteiger partial charge in [-0.05, 0) is 74.9 Å². The molecule has 0 N–H and O–H groups in total. The van der Waals surface area contributed by atoms with Gasteiger partial charge in [0, 0.05) is 39.3 Å². The number of rotatable bonds is 4. The van der Waals surface area contributed by atoms with Crippen molar-refractivity contribution in [3.63, 3.8) is 0 Å². The smallest absolute Gasteiger partial charge is 0.243 e. The van der Waals surface area contributed by atoms with Crippen LogP contribution in [0.25, 0.3) is 0 Å². The van der Waals surface area contributed by atoms with Crippen molar-refractivity contribution in [2.24, 2.45) is 0 Å². The van der Waals surface area contributed by atoms with Crippen LogP contribution in [0.4, 0.5) is 11.6 Å². The van der Waals surface area contributed by atoms with Gasteiger partial charge in [-0.2, -0.15) is 4.31 Å². The highest BCUT2D eigenvalue weighted by Crippen LogP contribution is 2.25. The van der Waals surface area contributed by atoms with Crippen molar-refractivity contribution in [3.8, 4) is 0 Å². The van der Waals surface area contributed by atoms with E-state index in [9.17, 15) is 8.42 Å². The minimum atomic E-state index is -3.49. The summed E-state index contributed by atoms with van der Waals surface area (Å²) in [5.74, 6) is 1.75. The van der Waals surface area contributed by atoms with E-state index in [1.165, 1.54) is 19.3 Å². The van der Waals surface area contributed by atoms with Gasteiger partial charge >= 0.3 is 0 Å². The standard InChI is InChI=1S/C22H31N5O2S/c1-17-15-19(3)20(16-18(17)2)30(28,29)27-13-11-26(12-14-27)22-8-7-21(23-24-22)25-9-5-4-6-10-25/h7-8,15-16H,4-6,9-14H2,1-3H3. The summed E-state index contributed by atoms with van der Waals surface area (Å²) in [6.45, 7) is 10.0. The van der Waals surface area contributed by atoms with Gasteiger partial charge in [-0.3, -0.25) is 0 Å². The predicted molar refractivity (Wildman–Crippen MR) is 120 cm³/mol. The number of sulfonamides is 1. The lowest BCUT2D eigenvalue weighted by atomic mass is 10.1. The first-order chi connectivity index (χ1) is 14.4. The number of aryl methyl sites for hydroxylation is 3. The van der Waals surface area contributed by atoms with Crippen molar-refractivity contribution in [1.82, 2.24) is 14.5 Å². The van der Waals surface area contributed by atoms with Gasteiger partial charge in [0.1, 0.15) is 0 Å². The zero-order valence-electron chi connectivity index (χ0n) is 18.1. The minimum Gasteiger partial charge on any atom is -0.355 e. The number of hydrogen-bond donors (Lipinski definition) is 0. The summed E-state index contributed by atoms with van der Waals surface area (Å²) in [5.41, 5.74) is 2.92. The average Bonchev–Trinajstić information content (AvgIpc) is 2.77. The molecule has 0 aliphatic carbocycles. The van der Waals surface area contributed by atoms with Crippen LogP contribution in [0.1, 0.15) is 36.0 Å². The van der Waals surface area contributed by atoms with Gasteiger partial charge in [0.25, 0.3) is 0 Å². The molecule has 2 saturated heterocycles. The molecule has 2 aromatic rings. The second-order valence-corrected chi connectivity index (χ2v) is 10.3. The van der Waals surface area contributed by atoms with E-state index in [4.69, 9.17) is 0 Å². The van der Waals surface area contributed by atoms with Crippen molar-refractivity contribution in [3.05, 3.63) is 41.0 Å². The number of piperazine rings is 1. The largest absolute Gasteiger partial charge is 0.355 e. The van der Waals surface area contributed by atoms with Crippen molar-refractivity contribution >= 4 is 21.7 Å². The normalized spacial score (nSPS) is 18.6. The molecule has 30 heavy (non-hydrogen) atoms. The zero-order valence-corrected chi connectivity index (χ0v) is 19.0.